The van der Waals surface area contributed by atoms with Crippen LogP contribution in [0.4, 0.5) is 8.78 Å². The minimum atomic E-state index is -0.918. The van der Waals surface area contributed by atoms with Crippen LogP contribution in [0.2, 0.25) is 0 Å². The van der Waals surface area contributed by atoms with Gasteiger partial charge in [-0.15, -0.1) is 0 Å². The van der Waals surface area contributed by atoms with Crippen molar-refractivity contribution in [1.29, 1.82) is 0 Å². The third-order valence-corrected chi connectivity index (χ3v) is 2.89. The van der Waals surface area contributed by atoms with Crippen molar-refractivity contribution in [2.24, 2.45) is 0 Å². The van der Waals surface area contributed by atoms with Crippen molar-refractivity contribution in [3.05, 3.63) is 34.9 Å². The Kier molecular flexibility index (Phi) is 5.56. The SMILES string of the molecule is CCCCCCC(O)c1cc(C)cc(F)c1F. The maximum absolute atomic E-state index is 13.5. The van der Waals surface area contributed by atoms with Crippen molar-refractivity contribution >= 4 is 0 Å². The highest BCUT2D eigenvalue weighted by molar-refractivity contribution is 5.27. The number of aryl methyl sites for hydroxylation is 1. The van der Waals surface area contributed by atoms with E-state index in [-0.39, 0.29) is 5.56 Å². The molecule has 1 rings (SSSR count). The largest absolute Gasteiger partial charge is 0.388 e. The number of aliphatic hydroxyl groups excluding tert-OH is 1. The smallest absolute Gasteiger partial charge is 0.164 e. The lowest BCUT2D eigenvalue weighted by Gasteiger charge is -2.13. The van der Waals surface area contributed by atoms with Crippen LogP contribution in [0.15, 0.2) is 12.1 Å². The van der Waals surface area contributed by atoms with E-state index < -0.39 is 17.7 Å². The molecule has 17 heavy (non-hydrogen) atoms. The molecule has 0 aromatic heterocycles. The van der Waals surface area contributed by atoms with Crippen LogP contribution in [-0.4, -0.2) is 5.11 Å². The molecule has 0 fully saturated rings. The summed E-state index contributed by atoms with van der Waals surface area (Å²) in [6.07, 6.45) is 3.66. The van der Waals surface area contributed by atoms with Gasteiger partial charge in [-0.05, 0) is 25.0 Å². The minimum absolute atomic E-state index is 0.0824. The Morgan fingerprint density at radius 1 is 1.18 bits per heavy atom. The van der Waals surface area contributed by atoms with Crippen LogP contribution in [-0.2, 0) is 0 Å². The molecule has 0 aliphatic rings. The van der Waals surface area contributed by atoms with Gasteiger partial charge in [-0.1, -0.05) is 38.7 Å². The van der Waals surface area contributed by atoms with E-state index in [1.807, 2.05) is 0 Å². The molecule has 0 spiro atoms. The predicted molar refractivity (Wildman–Crippen MR) is 64.8 cm³/mol. The van der Waals surface area contributed by atoms with Gasteiger partial charge in [0, 0.05) is 5.56 Å². The average molecular weight is 242 g/mol. The van der Waals surface area contributed by atoms with Gasteiger partial charge < -0.3 is 5.11 Å². The first-order chi connectivity index (χ1) is 8.06. The van der Waals surface area contributed by atoms with Gasteiger partial charge in [0.25, 0.3) is 0 Å². The highest BCUT2D eigenvalue weighted by atomic mass is 19.2. The van der Waals surface area contributed by atoms with E-state index in [4.69, 9.17) is 0 Å². The summed E-state index contributed by atoms with van der Waals surface area (Å²) < 4.78 is 26.6. The second-order valence-electron chi connectivity index (χ2n) is 4.52. The topological polar surface area (TPSA) is 20.2 Å². The average Bonchev–Trinajstić information content (AvgIpc) is 2.29. The Labute approximate surface area is 101 Å². The third-order valence-electron chi connectivity index (χ3n) is 2.89. The Morgan fingerprint density at radius 2 is 1.88 bits per heavy atom. The second kappa shape index (κ2) is 6.70. The zero-order chi connectivity index (χ0) is 12.8. The van der Waals surface area contributed by atoms with Crippen molar-refractivity contribution in [3.8, 4) is 0 Å². The van der Waals surface area contributed by atoms with Gasteiger partial charge in [-0.25, -0.2) is 8.78 Å². The molecule has 1 atom stereocenters. The predicted octanol–water partition coefficient (Wildman–Crippen LogP) is 4.28. The van der Waals surface area contributed by atoms with Crippen LogP contribution in [0.25, 0.3) is 0 Å². The zero-order valence-corrected chi connectivity index (χ0v) is 10.5. The fourth-order valence-electron chi connectivity index (χ4n) is 1.91. The van der Waals surface area contributed by atoms with Crippen molar-refractivity contribution < 1.29 is 13.9 Å². The number of unbranched alkanes of at least 4 members (excludes halogenated alkanes) is 3. The summed E-state index contributed by atoms with van der Waals surface area (Å²) in [4.78, 5) is 0. The molecule has 0 aliphatic heterocycles. The molecule has 3 heteroatoms. The molecule has 0 aliphatic carbocycles. The van der Waals surface area contributed by atoms with Crippen molar-refractivity contribution in [2.45, 2.75) is 52.1 Å². The summed E-state index contributed by atoms with van der Waals surface area (Å²) in [5.74, 6) is -1.80. The molecule has 1 aromatic rings. The molecule has 0 heterocycles. The van der Waals surface area contributed by atoms with Crippen LogP contribution >= 0.6 is 0 Å². The van der Waals surface area contributed by atoms with Crippen LogP contribution in [0, 0.1) is 18.6 Å². The van der Waals surface area contributed by atoms with Gasteiger partial charge in [0.15, 0.2) is 11.6 Å². The number of rotatable bonds is 6. The molecule has 96 valence electrons. The molecule has 1 N–H and O–H groups in total. The monoisotopic (exact) mass is 242 g/mol. The molecule has 0 saturated heterocycles. The zero-order valence-electron chi connectivity index (χ0n) is 10.5. The van der Waals surface area contributed by atoms with Gasteiger partial charge in [0.2, 0.25) is 0 Å². The molecular formula is C14H20F2O. The van der Waals surface area contributed by atoms with E-state index in [1.54, 1.807) is 6.92 Å². The Balaban J connectivity index is 2.65. The third kappa shape index (κ3) is 4.08. The minimum Gasteiger partial charge on any atom is -0.388 e. The van der Waals surface area contributed by atoms with E-state index >= 15 is 0 Å². The summed E-state index contributed by atoms with van der Waals surface area (Å²) in [6.45, 7) is 3.79. The summed E-state index contributed by atoms with van der Waals surface area (Å²) in [7, 11) is 0. The number of hydrogen-bond acceptors (Lipinski definition) is 1. The number of halogens is 2. The van der Waals surface area contributed by atoms with E-state index in [0.29, 0.717) is 12.0 Å². The molecular weight excluding hydrogens is 222 g/mol. The molecule has 0 bridgehead atoms. The normalized spacial score (nSPS) is 12.8. The Morgan fingerprint density at radius 3 is 2.53 bits per heavy atom. The summed E-state index contributed by atoms with van der Waals surface area (Å²) in [5.41, 5.74) is 0.713. The lowest BCUT2D eigenvalue weighted by molar-refractivity contribution is 0.157. The molecule has 1 aromatic carbocycles. The maximum Gasteiger partial charge on any atom is 0.164 e. The van der Waals surface area contributed by atoms with E-state index in [1.165, 1.54) is 6.07 Å². The maximum atomic E-state index is 13.5. The molecule has 0 radical (unpaired) electrons. The van der Waals surface area contributed by atoms with E-state index in [2.05, 4.69) is 6.92 Å². The lowest BCUT2D eigenvalue weighted by Crippen LogP contribution is -2.03. The first-order valence-electron chi connectivity index (χ1n) is 6.19. The number of hydrogen-bond donors (Lipinski definition) is 1. The standard InChI is InChI=1S/C14H20F2O/c1-3-4-5-6-7-13(17)11-8-10(2)9-12(15)14(11)16/h8-9,13,17H,3-7H2,1-2H3. The van der Waals surface area contributed by atoms with Gasteiger partial charge >= 0.3 is 0 Å². The van der Waals surface area contributed by atoms with Crippen LogP contribution < -0.4 is 0 Å². The van der Waals surface area contributed by atoms with Gasteiger partial charge in [0.05, 0.1) is 6.10 Å². The van der Waals surface area contributed by atoms with Crippen LogP contribution in [0.3, 0.4) is 0 Å². The Bertz CT molecular complexity index is 363. The van der Waals surface area contributed by atoms with E-state index in [0.717, 1.165) is 31.7 Å². The fourth-order valence-corrected chi connectivity index (χ4v) is 1.91. The second-order valence-corrected chi connectivity index (χ2v) is 4.52. The summed E-state index contributed by atoms with van der Waals surface area (Å²) >= 11 is 0. The lowest BCUT2D eigenvalue weighted by atomic mass is 10.0. The Hall–Kier alpha value is -0.960. The molecule has 0 amide bonds. The highest BCUT2D eigenvalue weighted by Crippen LogP contribution is 2.25. The van der Waals surface area contributed by atoms with Crippen molar-refractivity contribution in [1.82, 2.24) is 0 Å². The van der Waals surface area contributed by atoms with E-state index in [9.17, 15) is 13.9 Å². The number of benzene rings is 1. The number of aliphatic hydroxyl groups is 1. The van der Waals surface area contributed by atoms with Gasteiger partial charge in [-0.2, -0.15) is 0 Å². The molecule has 1 nitrogen and oxygen atoms in total. The summed E-state index contributed by atoms with van der Waals surface area (Å²) in [6, 6.07) is 2.66. The highest BCUT2D eigenvalue weighted by Gasteiger charge is 2.16. The van der Waals surface area contributed by atoms with Gasteiger partial charge in [0.1, 0.15) is 0 Å². The molecule has 0 saturated carbocycles. The quantitative estimate of drug-likeness (QED) is 0.738. The van der Waals surface area contributed by atoms with Crippen molar-refractivity contribution in [2.75, 3.05) is 0 Å². The summed E-state index contributed by atoms with van der Waals surface area (Å²) in [5, 5.41) is 9.84. The fraction of sp³-hybridized carbons (Fsp3) is 0.571. The van der Waals surface area contributed by atoms with Crippen LogP contribution in [0.5, 0.6) is 0 Å². The first kappa shape index (κ1) is 14.1. The van der Waals surface area contributed by atoms with Crippen LogP contribution in [0.1, 0.15) is 56.3 Å². The molecule has 1 unspecified atom stereocenters. The first-order valence-corrected chi connectivity index (χ1v) is 6.19. The van der Waals surface area contributed by atoms with Gasteiger partial charge in [-0.3, -0.25) is 0 Å². The van der Waals surface area contributed by atoms with Crippen molar-refractivity contribution in [3.63, 3.8) is 0 Å².